The monoisotopic (exact) mass is 607 g/mol. The summed E-state index contributed by atoms with van der Waals surface area (Å²) in [6, 6.07) is 16.7. The number of benzene rings is 3. The van der Waals surface area contributed by atoms with Crippen LogP contribution in [0.1, 0.15) is 40.2 Å². The Hall–Kier alpha value is -4.10. The van der Waals surface area contributed by atoms with Gasteiger partial charge in [-0.1, -0.05) is 24.3 Å². The van der Waals surface area contributed by atoms with Crippen LogP contribution in [-0.4, -0.2) is 30.4 Å². The number of rotatable bonds is 9. The molecule has 0 amide bonds. The summed E-state index contributed by atoms with van der Waals surface area (Å²) in [4.78, 5) is 16.0. The molecule has 0 bridgehead atoms. The number of halogens is 2. The van der Waals surface area contributed by atoms with Crippen LogP contribution in [0, 0.1) is 17.6 Å². The number of hydrogen-bond donors (Lipinski definition) is 3. The van der Waals surface area contributed by atoms with E-state index in [9.17, 15) is 23.1 Å². The summed E-state index contributed by atoms with van der Waals surface area (Å²) in [5.74, 6) is -1.60. The average Bonchev–Trinajstić information content (AvgIpc) is 3.52. The zero-order valence-corrected chi connectivity index (χ0v) is 23.7. The third kappa shape index (κ3) is 5.79. The van der Waals surface area contributed by atoms with Gasteiger partial charge in [-0.3, -0.25) is 0 Å². The lowest BCUT2D eigenvalue weighted by Gasteiger charge is -2.10. The molecule has 3 aromatic carbocycles. The van der Waals surface area contributed by atoms with Gasteiger partial charge in [-0.25, -0.2) is 23.2 Å². The first kappa shape index (κ1) is 28.0. The molecule has 42 heavy (non-hydrogen) atoms. The lowest BCUT2D eigenvalue weighted by Crippen LogP contribution is -2.20. The van der Waals surface area contributed by atoms with Crippen LogP contribution in [0.25, 0.3) is 27.5 Å². The molecule has 0 saturated heterocycles. The van der Waals surface area contributed by atoms with Crippen molar-refractivity contribution in [2.75, 3.05) is 0 Å². The standard InChI is InChI=1S/C30H24F2N4O4S2/c31-21-8-5-19(6-9-21)23-15-20(7-12-25(23)32)28-24(13-17-3-10-22(11-4-17)42(33,39)40)27(14-18-1-2-18)36(35-28)30-34-26(16-41-30)29(37)38/h3-12,15-16,18H,1-2,13-14H2,(H3-,33,37,38,39,40)/p+1. The fraction of sp³-hybridized carbons (Fsp3) is 0.167. The van der Waals surface area contributed by atoms with Crippen molar-refractivity contribution in [1.82, 2.24) is 14.8 Å². The SMILES string of the molecule is N[S+](=O)(O)c1ccc(Cc2c(-c3ccc(F)c(-c4ccc(F)cc4)c3)nn(-c3nc(C(=O)O)cs3)c2CC2CC2)cc1. The van der Waals surface area contributed by atoms with Gasteiger partial charge in [0.15, 0.2) is 5.69 Å². The number of nitrogens with zero attached hydrogens (tertiary/aromatic N) is 3. The summed E-state index contributed by atoms with van der Waals surface area (Å²) in [6.45, 7) is 0. The molecule has 2 heterocycles. The molecule has 6 rings (SSSR count). The van der Waals surface area contributed by atoms with Crippen LogP contribution < -0.4 is 5.14 Å². The number of nitrogens with two attached hydrogens (primary N) is 1. The fourth-order valence-electron chi connectivity index (χ4n) is 4.86. The molecule has 4 N–H and O–H groups in total. The van der Waals surface area contributed by atoms with Crippen molar-refractivity contribution in [2.45, 2.75) is 30.6 Å². The van der Waals surface area contributed by atoms with E-state index in [1.807, 2.05) is 0 Å². The highest BCUT2D eigenvalue weighted by molar-refractivity contribution is 7.95. The highest BCUT2D eigenvalue weighted by Gasteiger charge is 2.30. The second-order valence-corrected chi connectivity index (χ2v) is 12.7. The molecule has 8 nitrogen and oxygen atoms in total. The Bertz CT molecular complexity index is 1840. The Morgan fingerprint density at radius 2 is 1.74 bits per heavy atom. The summed E-state index contributed by atoms with van der Waals surface area (Å²) in [5, 5.41) is 21.6. The Morgan fingerprint density at radius 1 is 1.05 bits per heavy atom. The predicted octanol–water partition coefficient (Wildman–Crippen LogP) is 6.39. The van der Waals surface area contributed by atoms with E-state index in [1.165, 1.54) is 47.8 Å². The molecule has 2 aromatic heterocycles. The molecule has 1 aliphatic rings. The van der Waals surface area contributed by atoms with E-state index in [-0.39, 0.29) is 16.2 Å². The van der Waals surface area contributed by atoms with Crippen molar-refractivity contribution >= 4 is 27.7 Å². The predicted molar refractivity (Wildman–Crippen MR) is 156 cm³/mol. The molecular weight excluding hydrogens is 582 g/mol. The van der Waals surface area contributed by atoms with E-state index in [2.05, 4.69) is 4.98 Å². The number of carboxylic acid groups (broad SMARTS) is 1. The van der Waals surface area contributed by atoms with Crippen LogP contribution in [0.2, 0.25) is 0 Å². The molecule has 5 aromatic rings. The zero-order chi connectivity index (χ0) is 29.6. The minimum absolute atomic E-state index is 0.0867. The molecule has 1 saturated carbocycles. The zero-order valence-electron chi connectivity index (χ0n) is 22.0. The minimum Gasteiger partial charge on any atom is -0.476 e. The third-order valence-electron chi connectivity index (χ3n) is 7.20. The van der Waals surface area contributed by atoms with E-state index in [1.54, 1.807) is 28.9 Å². The van der Waals surface area contributed by atoms with E-state index >= 15 is 4.39 Å². The van der Waals surface area contributed by atoms with E-state index in [4.69, 9.17) is 10.2 Å². The number of carboxylic acids is 1. The smallest absolute Gasteiger partial charge is 0.355 e. The van der Waals surface area contributed by atoms with Crippen LogP contribution >= 0.6 is 11.3 Å². The number of hydrogen-bond acceptors (Lipinski definition) is 5. The number of carbonyl (C=O) groups is 1. The van der Waals surface area contributed by atoms with E-state index < -0.39 is 28.0 Å². The summed E-state index contributed by atoms with van der Waals surface area (Å²) in [5.41, 5.74) is 4.41. The summed E-state index contributed by atoms with van der Waals surface area (Å²) in [6.07, 6.45) is 3.18. The van der Waals surface area contributed by atoms with Crippen molar-refractivity contribution in [3.63, 3.8) is 0 Å². The van der Waals surface area contributed by atoms with Crippen LogP contribution in [0.5, 0.6) is 0 Å². The topological polar surface area (TPSA) is 131 Å². The Kier molecular flexibility index (Phi) is 7.31. The van der Waals surface area contributed by atoms with E-state index in [0.29, 0.717) is 40.7 Å². The van der Waals surface area contributed by atoms with E-state index in [0.717, 1.165) is 41.0 Å². The highest BCUT2D eigenvalue weighted by atomic mass is 32.3. The molecule has 1 unspecified atom stereocenters. The van der Waals surface area contributed by atoms with Crippen LogP contribution in [0.4, 0.5) is 8.78 Å². The largest absolute Gasteiger partial charge is 0.476 e. The van der Waals surface area contributed by atoms with Gasteiger partial charge in [0.05, 0.1) is 11.4 Å². The van der Waals surface area contributed by atoms with Gasteiger partial charge >= 0.3 is 16.4 Å². The molecule has 1 fully saturated rings. The molecular formula is C30H25F2N4O4S2+. The summed E-state index contributed by atoms with van der Waals surface area (Å²) in [7, 11) is -3.61. The fourth-order valence-corrected chi connectivity index (χ4v) is 6.15. The van der Waals surface area contributed by atoms with Gasteiger partial charge in [-0.05, 0) is 83.0 Å². The first-order valence-electron chi connectivity index (χ1n) is 13.1. The van der Waals surface area contributed by atoms with Crippen molar-refractivity contribution < 1.29 is 27.4 Å². The van der Waals surface area contributed by atoms with Gasteiger partial charge in [0, 0.05) is 28.5 Å². The van der Waals surface area contributed by atoms with Gasteiger partial charge in [-0.2, -0.15) is 9.65 Å². The van der Waals surface area contributed by atoms with Crippen molar-refractivity contribution in [1.29, 1.82) is 0 Å². The van der Waals surface area contributed by atoms with Crippen molar-refractivity contribution in [3.05, 3.63) is 106 Å². The lowest BCUT2D eigenvalue weighted by atomic mass is 9.95. The maximum Gasteiger partial charge on any atom is 0.355 e. The summed E-state index contributed by atoms with van der Waals surface area (Å²) < 4.78 is 51.9. The van der Waals surface area contributed by atoms with Gasteiger partial charge in [0.1, 0.15) is 11.6 Å². The van der Waals surface area contributed by atoms with Crippen molar-refractivity contribution in [3.8, 4) is 27.5 Å². The number of aromatic nitrogens is 3. The average molecular weight is 608 g/mol. The number of aromatic carboxylic acids is 1. The normalized spacial score (nSPS) is 14.6. The minimum atomic E-state index is -3.61. The molecule has 0 radical (unpaired) electrons. The molecule has 0 spiro atoms. The molecule has 0 aliphatic heterocycles. The van der Waals surface area contributed by atoms with Crippen LogP contribution in [0.3, 0.4) is 0 Å². The highest BCUT2D eigenvalue weighted by Crippen LogP contribution is 2.39. The maximum atomic E-state index is 15.0. The molecule has 1 aliphatic carbocycles. The molecule has 12 heteroatoms. The van der Waals surface area contributed by atoms with Crippen LogP contribution in [-0.2, 0) is 27.5 Å². The second kappa shape index (κ2) is 11.0. The maximum absolute atomic E-state index is 15.0. The Labute approximate surface area is 244 Å². The second-order valence-electron chi connectivity index (χ2n) is 10.2. The Balaban J connectivity index is 1.52. The van der Waals surface area contributed by atoms with Gasteiger partial charge in [0.2, 0.25) is 10.0 Å². The number of thiazole rings is 1. The van der Waals surface area contributed by atoms with Crippen LogP contribution in [0.15, 0.2) is 77.0 Å². The third-order valence-corrected chi connectivity index (χ3v) is 8.96. The van der Waals surface area contributed by atoms with Gasteiger partial charge < -0.3 is 5.11 Å². The first-order valence-corrected chi connectivity index (χ1v) is 15.5. The molecule has 214 valence electrons. The van der Waals surface area contributed by atoms with Gasteiger partial charge in [-0.15, -0.1) is 16.5 Å². The van der Waals surface area contributed by atoms with Crippen molar-refractivity contribution in [2.24, 2.45) is 11.1 Å². The lowest BCUT2D eigenvalue weighted by molar-refractivity contribution is 0.0691. The first-order chi connectivity index (χ1) is 20.1. The quantitative estimate of drug-likeness (QED) is 0.167. The Morgan fingerprint density at radius 3 is 2.36 bits per heavy atom. The summed E-state index contributed by atoms with van der Waals surface area (Å²) >= 11 is 1.16. The molecule has 1 atom stereocenters. The van der Waals surface area contributed by atoms with Gasteiger partial charge in [0.25, 0.3) is 0 Å².